The van der Waals surface area contributed by atoms with Gasteiger partial charge < -0.3 is 0 Å². The van der Waals surface area contributed by atoms with E-state index < -0.39 is 0 Å². The molecular weight excluding hydrogens is 170 g/mol. The van der Waals surface area contributed by atoms with Crippen molar-refractivity contribution in [3.05, 3.63) is 34.7 Å². The van der Waals surface area contributed by atoms with Gasteiger partial charge in [0.05, 0.1) is 5.69 Å². The summed E-state index contributed by atoms with van der Waals surface area (Å²) in [4.78, 5) is 4.44. The Morgan fingerprint density at radius 3 is 2.79 bits per heavy atom. The van der Waals surface area contributed by atoms with Crippen molar-refractivity contribution in [2.75, 3.05) is 0 Å². The van der Waals surface area contributed by atoms with E-state index in [1.165, 1.54) is 35.2 Å². The number of pyridine rings is 1. The molecule has 0 bridgehead atoms. The summed E-state index contributed by atoms with van der Waals surface area (Å²) in [6, 6.07) is 2.16. The summed E-state index contributed by atoms with van der Waals surface area (Å²) in [5.41, 5.74) is 5.58. The zero-order chi connectivity index (χ0) is 10.1. The molecule has 0 aromatic carbocycles. The minimum atomic E-state index is 0.610. The van der Waals surface area contributed by atoms with Crippen LogP contribution in [0.5, 0.6) is 0 Å². The quantitative estimate of drug-likeness (QED) is 0.655. The summed E-state index contributed by atoms with van der Waals surface area (Å²) in [6.45, 7) is 6.69. The first-order valence-corrected chi connectivity index (χ1v) is 5.33. The maximum absolute atomic E-state index is 4.44. The van der Waals surface area contributed by atoms with Crippen LogP contribution in [0.15, 0.2) is 17.8 Å². The van der Waals surface area contributed by atoms with Crippen molar-refractivity contribution in [2.45, 2.75) is 39.5 Å². The third-order valence-corrected chi connectivity index (χ3v) is 2.90. The highest BCUT2D eigenvalue weighted by molar-refractivity contribution is 5.57. The van der Waals surface area contributed by atoms with Gasteiger partial charge in [-0.3, -0.25) is 4.98 Å². The SMILES string of the molecule is CC1=Cc2nccc(C(C)C)c2CC1. The van der Waals surface area contributed by atoms with E-state index in [1.807, 2.05) is 6.20 Å². The molecule has 0 aliphatic heterocycles. The number of hydrogen-bond donors (Lipinski definition) is 0. The van der Waals surface area contributed by atoms with Gasteiger partial charge in [-0.15, -0.1) is 0 Å². The summed E-state index contributed by atoms with van der Waals surface area (Å²) in [5.74, 6) is 0.610. The Morgan fingerprint density at radius 2 is 2.07 bits per heavy atom. The largest absolute Gasteiger partial charge is 0.257 e. The molecule has 1 aromatic heterocycles. The lowest BCUT2D eigenvalue weighted by Crippen LogP contribution is -2.05. The highest BCUT2D eigenvalue weighted by Gasteiger charge is 2.14. The van der Waals surface area contributed by atoms with Gasteiger partial charge in [-0.05, 0) is 49.0 Å². The van der Waals surface area contributed by atoms with Crippen molar-refractivity contribution in [3.63, 3.8) is 0 Å². The first kappa shape index (κ1) is 9.45. The van der Waals surface area contributed by atoms with Gasteiger partial charge in [-0.25, -0.2) is 0 Å². The molecule has 1 heterocycles. The molecule has 0 saturated carbocycles. The molecule has 0 spiro atoms. The molecular formula is C13H17N. The van der Waals surface area contributed by atoms with E-state index in [4.69, 9.17) is 0 Å². The molecule has 74 valence electrons. The lowest BCUT2D eigenvalue weighted by molar-refractivity contribution is 0.810. The van der Waals surface area contributed by atoms with E-state index in [0.29, 0.717) is 5.92 Å². The van der Waals surface area contributed by atoms with Crippen molar-refractivity contribution < 1.29 is 0 Å². The van der Waals surface area contributed by atoms with E-state index in [9.17, 15) is 0 Å². The van der Waals surface area contributed by atoms with Gasteiger partial charge in [0.15, 0.2) is 0 Å². The Kier molecular flexibility index (Phi) is 2.40. The van der Waals surface area contributed by atoms with Gasteiger partial charge in [0.25, 0.3) is 0 Å². The average molecular weight is 187 g/mol. The molecule has 1 aliphatic rings. The average Bonchev–Trinajstić information content (AvgIpc) is 2.16. The summed E-state index contributed by atoms with van der Waals surface area (Å²) in [5, 5.41) is 0. The summed E-state index contributed by atoms with van der Waals surface area (Å²) in [7, 11) is 0. The molecule has 1 aromatic rings. The standard InChI is InChI=1S/C13H17N/c1-9(2)11-6-7-14-13-8-10(3)4-5-12(11)13/h6-9H,4-5H2,1-3H3. The van der Waals surface area contributed by atoms with E-state index in [2.05, 4.69) is 37.9 Å². The van der Waals surface area contributed by atoms with Crippen LogP contribution in [0, 0.1) is 0 Å². The molecule has 2 rings (SSSR count). The Bertz CT molecular complexity index is 375. The molecule has 0 fully saturated rings. The maximum atomic E-state index is 4.44. The number of allylic oxidation sites excluding steroid dienone is 1. The van der Waals surface area contributed by atoms with Crippen molar-refractivity contribution in [2.24, 2.45) is 0 Å². The lowest BCUT2D eigenvalue weighted by Gasteiger charge is -2.18. The van der Waals surface area contributed by atoms with Crippen molar-refractivity contribution in [1.82, 2.24) is 4.98 Å². The number of aromatic nitrogens is 1. The number of fused-ring (bicyclic) bond motifs is 1. The van der Waals surface area contributed by atoms with Crippen LogP contribution in [-0.2, 0) is 6.42 Å². The van der Waals surface area contributed by atoms with Crippen LogP contribution < -0.4 is 0 Å². The predicted octanol–water partition coefficient (Wildman–Crippen LogP) is 3.55. The normalized spacial score (nSPS) is 15.3. The van der Waals surface area contributed by atoms with Crippen LogP contribution in [0.2, 0.25) is 0 Å². The van der Waals surface area contributed by atoms with E-state index in [-0.39, 0.29) is 0 Å². The highest BCUT2D eigenvalue weighted by atomic mass is 14.7. The molecule has 1 nitrogen and oxygen atoms in total. The predicted molar refractivity (Wildman–Crippen MR) is 60.3 cm³/mol. The highest BCUT2D eigenvalue weighted by Crippen LogP contribution is 2.28. The van der Waals surface area contributed by atoms with E-state index >= 15 is 0 Å². The number of nitrogens with zero attached hydrogens (tertiary/aromatic N) is 1. The fourth-order valence-corrected chi connectivity index (χ4v) is 2.09. The zero-order valence-electron chi connectivity index (χ0n) is 9.17. The molecule has 14 heavy (non-hydrogen) atoms. The topological polar surface area (TPSA) is 12.9 Å². The van der Waals surface area contributed by atoms with Crippen LogP contribution in [0.25, 0.3) is 6.08 Å². The van der Waals surface area contributed by atoms with Crippen LogP contribution in [0.1, 0.15) is 49.9 Å². The van der Waals surface area contributed by atoms with E-state index in [0.717, 1.165) is 0 Å². The minimum Gasteiger partial charge on any atom is -0.257 e. The summed E-state index contributed by atoms with van der Waals surface area (Å²) >= 11 is 0. The second-order valence-corrected chi connectivity index (χ2v) is 4.41. The van der Waals surface area contributed by atoms with Crippen LogP contribution in [0.3, 0.4) is 0 Å². The number of hydrogen-bond acceptors (Lipinski definition) is 1. The molecule has 1 heteroatoms. The molecule has 0 atom stereocenters. The van der Waals surface area contributed by atoms with Gasteiger partial charge in [0.1, 0.15) is 0 Å². The van der Waals surface area contributed by atoms with Gasteiger partial charge >= 0.3 is 0 Å². The van der Waals surface area contributed by atoms with Gasteiger partial charge in [0, 0.05) is 6.20 Å². The molecule has 1 aliphatic carbocycles. The van der Waals surface area contributed by atoms with Crippen LogP contribution >= 0.6 is 0 Å². The van der Waals surface area contributed by atoms with E-state index in [1.54, 1.807) is 0 Å². The third-order valence-electron chi connectivity index (χ3n) is 2.90. The Balaban J connectivity index is 2.53. The van der Waals surface area contributed by atoms with Crippen molar-refractivity contribution in [3.8, 4) is 0 Å². The summed E-state index contributed by atoms with van der Waals surface area (Å²) < 4.78 is 0. The Labute approximate surface area is 85.9 Å². The zero-order valence-corrected chi connectivity index (χ0v) is 9.17. The molecule has 0 radical (unpaired) electrons. The van der Waals surface area contributed by atoms with Crippen molar-refractivity contribution in [1.29, 1.82) is 0 Å². The Hall–Kier alpha value is -1.11. The maximum Gasteiger partial charge on any atom is 0.0663 e. The minimum absolute atomic E-state index is 0.610. The van der Waals surface area contributed by atoms with Gasteiger partial charge in [-0.2, -0.15) is 0 Å². The lowest BCUT2D eigenvalue weighted by atomic mass is 9.89. The summed E-state index contributed by atoms with van der Waals surface area (Å²) in [6.07, 6.45) is 6.52. The first-order chi connectivity index (χ1) is 6.68. The smallest absolute Gasteiger partial charge is 0.0663 e. The molecule has 0 saturated heterocycles. The molecule has 0 amide bonds. The fourth-order valence-electron chi connectivity index (χ4n) is 2.09. The molecule has 0 N–H and O–H groups in total. The Morgan fingerprint density at radius 1 is 1.29 bits per heavy atom. The monoisotopic (exact) mass is 187 g/mol. The van der Waals surface area contributed by atoms with Gasteiger partial charge in [0.2, 0.25) is 0 Å². The number of rotatable bonds is 1. The first-order valence-electron chi connectivity index (χ1n) is 5.33. The second-order valence-electron chi connectivity index (χ2n) is 4.41. The molecule has 0 unspecified atom stereocenters. The van der Waals surface area contributed by atoms with Gasteiger partial charge in [-0.1, -0.05) is 19.4 Å². The van der Waals surface area contributed by atoms with Crippen LogP contribution in [0.4, 0.5) is 0 Å². The van der Waals surface area contributed by atoms with Crippen molar-refractivity contribution >= 4 is 6.08 Å². The third kappa shape index (κ3) is 1.59. The van der Waals surface area contributed by atoms with Crippen LogP contribution in [-0.4, -0.2) is 4.98 Å². The fraction of sp³-hybridized carbons (Fsp3) is 0.462. The second kappa shape index (κ2) is 3.56.